The smallest absolute Gasteiger partial charge is 0.231 e. The number of amides is 1. The van der Waals surface area contributed by atoms with E-state index in [-0.39, 0.29) is 18.2 Å². The standard InChI is InChI=1S/C19H18N4O2/c20-18(21)11-19(24)23-14-5-7-15(8-6-14)25-12-13-9-10-22-17-4-2-1-3-16(13)17/h1-10H,11-12H2,(H3,20,21)(H,23,24). The van der Waals surface area contributed by atoms with Crippen molar-refractivity contribution in [3.8, 4) is 5.75 Å². The van der Waals surface area contributed by atoms with Gasteiger partial charge in [0.15, 0.2) is 0 Å². The van der Waals surface area contributed by atoms with Gasteiger partial charge < -0.3 is 15.8 Å². The third kappa shape index (κ3) is 4.32. The summed E-state index contributed by atoms with van der Waals surface area (Å²) in [4.78, 5) is 15.9. The molecule has 0 aliphatic carbocycles. The van der Waals surface area contributed by atoms with Crippen molar-refractivity contribution in [2.75, 3.05) is 5.32 Å². The highest BCUT2D eigenvalue weighted by molar-refractivity contribution is 6.03. The third-order valence-corrected chi connectivity index (χ3v) is 3.62. The van der Waals surface area contributed by atoms with Crippen LogP contribution in [0.1, 0.15) is 12.0 Å². The van der Waals surface area contributed by atoms with Gasteiger partial charge >= 0.3 is 0 Å². The molecule has 0 aliphatic heterocycles. The molecule has 25 heavy (non-hydrogen) atoms. The number of nitrogens with zero attached hydrogens (tertiary/aromatic N) is 1. The summed E-state index contributed by atoms with van der Waals surface area (Å²) >= 11 is 0. The number of anilines is 1. The van der Waals surface area contributed by atoms with Crippen LogP contribution in [-0.4, -0.2) is 16.7 Å². The Balaban J connectivity index is 1.64. The van der Waals surface area contributed by atoms with Crippen LogP contribution in [0, 0.1) is 5.41 Å². The van der Waals surface area contributed by atoms with E-state index < -0.39 is 0 Å². The Hall–Kier alpha value is -3.41. The van der Waals surface area contributed by atoms with Crippen molar-refractivity contribution in [3.05, 3.63) is 66.4 Å². The van der Waals surface area contributed by atoms with E-state index >= 15 is 0 Å². The first kappa shape index (κ1) is 16.4. The monoisotopic (exact) mass is 334 g/mol. The normalized spacial score (nSPS) is 10.4. The van der Waals surface area contributed by atoms with Crippen LogP contribution in [-0.2, 0) is 11.4 Å². The molecule has 0 spiro atoms. The molecule has 1 amide bonds. The molecule has 0 aliphatic rings. The lowest BCUT2D eigenvalue weighted by molar-refractivity contribution is -0.115. The maximum absolute atomic E-state index is 11.6. The summed E-state index contributed by atoms with van der Waals surface area (Å²) in [6, 6.07) is 16.9. The van der Waals surface area contributed by atoms with Gasteiger partial charge in [0, 0.05) is 22.8 Å². The zero-order valence-corrected chi connectivity index (χ0v) is 13.5. The quantitative estimate of drug-likeness (QED) is 0.476. The minimum Gasteiger partial charge on any atom is -0.489 e. The molecule has 4 N–H and O–H groups in total. The summed E-state index contributed by atoms with van der Waals surface area (Å²) in [7, 11) is 0. The summed E-state index contributed by atoms with van der Waals surface area (Å²) in [5, 5.41) is 10.9. The highest BCUT2D eigenvalue weighted by atomic mass is 16.5. The third-order valence-electron chi connectivity index (χ3n) is 3.62. The molecule has 0 bridgehead atoms. The van der Waals surface area contributed by atoms with Crippen LogP contribution in [0.25, 0.3) is 10.9 Å². The summed E-state index contributed by atoms with van der Waals surface area (Å²) in [6.07, 6.45) is 1.65. The first-order valence-electron chi connectivity index (χ1n) is 7.80. The van der Waals surface area contributed by atoms with Gasteiger partial charge in [0.1, 0.15) is 18.2 Å². The summed E-state index contributed by atoms with van der Waals surface area (Å²) in [5.41, 5.74) is 7.83. The van der Waals surface area contributed by atoms with Crippen molar-refractivity contribution in [2.45, 2.75) is 13.0 Å². The molecule has 3 rings (SSSR count). The lowest BCUT2D eigenvalue weighted by atomic mass is 10.1. The molecule has 0 saturated carbocycles. The number of rotatable bonds is 6. The number of nitrogens with one attached hydrogen (secondary N) is 2. The number of carbonyl (C=O) groups is 1. The fraction of sp³-hybridized carbons (Fsp3) is 0.105. The highest BCUT2D eigenvalue weighted by Crippen LogP contribution is 2.20. The number of nitrogens with two attached hydrogens (primary N) is 1. The van der Waals surface area contributed by atoms with Crippen LogP contribution >= 0.6 is 0 Å². The van der Waals surface area contributed by atoms with E-state index in [1.165, 1.54) is 0 Å². The second-order valence-electron chi connectivity index (χ2n) is 5.55. The molecule has 0 unspecified atom stereocenters. The van der Waals surface area contributed by atoms with Crippen LogP contribution in [0.15, 0.2) is 60.8 Å². The van der Waals surface area contributed by atoms with Crippen LogP contribution < -0.4 is 15.8 Å². The van der Waals surface area contributed by atoms with Crippen molar-refractivity contribution in [3.63, 3.8) is 0 Å². The van der Waals surface area contributed by atoms with E-state index in [9.17, 15) is 4.79 Å². The van der Waals surface area contributed by atoms with E-state index in [1.54, 1.807) is 30.5 Å². The van der Waals surface area contributed by atoms with Crippen molar-refractivity contribution in [1.29, 1.82) is 5.41 Å². The molecular weight excluding hydrogens is 316 g/mol. The molecule has 1 heterocycles. The highest BCUT2D eigenvalue weighted by Gasteiger charge is 2.05. The predicted molar refractivity (Wildman–Crippen MR) is 97.7 cm³/mol. The number of benzene rings is 2. The van der Waals surface area contributed by atoms with Crippen molar-refractivity contribution in [1.82, 2.24) is 4.98 Å². The fourth-order valence-electron chi connectivity index (χ4n) is 2.45. The zero-order valence-electron chi connectivity index (χ0n) is 13.5. The van der Waals surface area contributed by atoms with Gasteiger partial charge in [0.25, 0.3) is 0 Å². The number of para-hydroxylation sites is 1. The summed E-state index contributed by atoms with van der Waals surface area (Å²) in [5.74, 6) is 0.219. The Bertz CT molecular complexity index is 901. The van der Waals surface area contributed by atoms with Crippen molar-refractivity contribution >= 4 is 28.3 Å². The molecule has 0 atom stereocenters. The second kappa shape index (κ2) is 7.44. The van der Waals surface area contributed by atoms with Crippen LogP contribution in [0.4, 0.5) is 5.69 Å². The summed E-state index contributed by atoms with van der Waals surface area (Å²) in [6.45, 7) is 0.430. The first-order valence-corrected chi connectivity index (χ1v) is 7.80. The fourth-order valence-corrected chi connectivity index (χ4v) is 2.45. The summed E-state index contributed by atoms with van der Waals surface area (Å²) < 4.78 is 5.83. The molecule has 6 nitrogen and oxygen atoms in total. The lowest BCUT2D eigenvalue weighted by Crippen LogP contribution is -2.20. The largest absolute Gasteiger partial charge is 0.489 e. The number of fused-ring (bicyclic) bond motifs is 1. The molecule has 0 radical (unpaired) electrons. The van der Waals surface area contributed by atoms with Crippen LogP contribution in [0.5, 0.6) is 5.75 Å². The van der Waals surface area contributed by atoms with Gasteiger partial charge in [0.2, 0.25) is 5.91 Å². The Labute approximate surface area is 145 Å². The number of hydrogen-bond donors (Lipinski definition) is 3. The molecule has 0 saturated heterocycles. The van der Waals surface area contributed by atoms with Gasteiger partial charge in [-0.05, 0) is 36.4 Å². The topological polar surface area (TPSA) is 101 Å². The predicted octanol–water partition coefficient (Wildman–Crippen LogP) is 3.08. The number of ether oxygens (including phenoxy) is 1. The average Bonchev–Trinajstić information content (AvgIpc) is 2.60. The first-order chi connectivity index (χ1) is 12.1. The van der Waals surface area contributed by atoms with Crippen molar-refractivity contribution < 1.29 is 9.53 Å². The van der Waals surface area contributed by atoms with Gasteiger partial charge in [-0.1, -0.05) is 18.2 Å². The van der Waals surface area contributed by atoms with E-state index in [1.807, 2.05) is 30.3 Å². The number of aromatic nitrogens is 1. The molecule has 126 valence electrons. The Kier molecular flexibility index (Phi) is 4.89. The number of amidine groups is 1. The number of carbonyl (C=O) groups excluding carboxylic acids is 1. The molecule has 3 aromatic rings. The van der Waals surface area contributed by atoms with Crippen LogP contribution in [0.2, 0.25) is 0 Å². The maximum atomic E-state index is 11.6. The SMILES string of the molecule is N=C(N)CC(=O)Nc1ccc(OCc2ccnc3ccccc23)cc1. The molecular formula is C19H18N4O2. The average molecular weight is 334 g/mol. The minimum atomic E-state index is -0.315. The van der Waals surface area contributed by atoms with E-state index in [0.717, 1.165) is 16.5 Å². The number of pyridine rings is 1. The lowest BCUT2D eigenvalue weighted by Gasteiger charge is -2.10. The minimum absolute atomic E-state index is 0.118. The Morgan fingerprint density at radius 1 is 1.12 bits per heavy atom. The van der Waals surface area contributed by atoms with Gasteiger partial charge in [0.05, 0.1) is 11.9 Å². The number of hydrogen-bond acceptors (Lipinski definition) is 4. The van der Waals surface area contributed by atoms with Gasteiger partial charge in [-0.25, -0.2) is 0 Å². The van der Waals surface area contributed by atoms with Crippen LogP contribution in [0.3, 0.4) is 0 Å². The van der Waals surface area contributed by atoms with E-state index in [2.05, 4.69) is 10.3 Å². The Morgan fingerprint density at radius 3 is 2.64 bits per heavy atom. The molecule has 0 fully saturated rings. The van der Waals surface area contributed by atoms with Gasteiger partial charge in [-0.3, -0.25) is 15.2 Å². The molecule has 2 aromatic carbocycles. The maximum Gasteiger partial charge on any atom is 0.231 e. The van der Waals surface area contributed by atoms with E-state index in [0.29, 0.717) is 18.0 Å². The van der Waals surface area contributed by atoms with Crippen molar-refractivity contribution in [2.24, 2.45) is 5.73 Å². The molecule has 1 aromatic heterocycles. The van der Waals surface area contributed by atoms with Gasteiger partial charge in [-0.15, -0.1) is 0 Å². The van der Waals surface area contributed by atoms with E-state index in [4.69, 9.17) is 15.9 Å². The molecule has 6 heteroatoms. The van der Waals surface area contributed by atoms with Gasteiger partial charge in [-0.2, -0.15) is 0 Å². The Morgan fingerprint density at radius 2 is 1.88 bits per heavy atom. The second-order valence-corrected chi connectivity index (χ2v) is 5.55. The zero-order chi connectivity index (χ0) is 17.6.